The Hall–Kier alpha value is -4.07. The van der Waals surface area contributed by atoms with E-state index in [4.69, 9.17) is 0 Å². The van der Waals surface area contributed by atoms with Crippen LogP contribution in [0.2, 0.25) is 0 Å². The minimum atomic E-state index is -1.43. The number of hydrogen-bond donors (Lipinski definition) is 1. The van der Waals surface area contributed by atoms with Gasteiger partial charge in [-0.1, -0.05) is 62.2 Å². The van der Waals surface area contributed by atoms with E-state index in [1.807, 2.05) is 0 Å². The lowest BCUT2D eigenvalue weighted by atomic mass is 9.90. The molecule has 1 aromatic carbocycles. The van der Waals surface area contributed by atoms with Crippen LogP contribution in [0, 0.1) is 0 Å². The van der Waals surface area contributed by atoms with Gasteiger partial charge in [-0.15, -0.1) is 0 Å². The quantitative estimate of drug-likeness (QED) is 0.348. The standard InChI is InChI=1S/C27H30FN3O4/c1-4-24(32)29-15-16-30(25(33)5-2)17-18-31(26(34)6-3)19-22-21(13-10-14-23(22)28)27(35)20-11-8-7-9-12-20/h4-13,23H,1-3,14-19H2,(H,29,32). The molecule has 7 nitrogen and oxygen atoms in total. The Kier molecular flexibility index (Phi) is 10.6. The molecule has 0 saturated carbocycles. The maximum atomic E-state index is 15.0. The van der Waals surface area contributed by atoms with Gasteiger partial charge in [0.1, 0.15) is 6.17 Å². The van der Waals surface area contributed by atoms with Crippen molar-refractivity contribution in [1.29, 1.82) is 0 Å². The van der Waals surface area contributed by atoms with Crippen molar-refractivity contribution in [2.45, 2.75) is 12.6 Å². The van der Waals surface area contributed by atoms with Crippen LogP contribution in [0.5, 0.6) is 0 Å². The summed E-state index contributed by atoms with van der Waals surface area (Å²) in [5.41, 5.74) is 0.837. The van der Waals surface area contributed by atoms with Crippen molar-refractivity contribution < 1.29 is 23.6 Å². The fourth-order valence-corrected chi connectivity index (χ4v) is 3.56. The lowest BCUT2D eigenvalue weighted by Crippen LogP contribution is -2.44. The van der Waals surface area contributed by atoms with Crippen molar-refractivity contribution in [3.05, 3.63) is 97.2 Å². The number of amides is 3. The highest BCUT2D eigenvalue weighted by Crippen LogP contribution is 2.26. The van der Waals surface area contributed by atoms with Gasteiger partial charge in [0.15, 0.2) is 5.78 Å². The van der Waals surface area contributed by atoms with Crippen LogP contribution in [0.25, 0.3) is 0 Å². The SMILES string of the molecule is C=CC(=O)NCCN(CCN(CC1=C(C(=O)c2ccccc2)C=CCC1F)C(=O)C=C)C(=O)C=C. The molecular weight excluding hydrogens is 449 g/mol. The molecule has 3 amide bonds. The van der Waals surface area contributed by atoms with Gasteiger partial charge in [-0.05, 0) is 23.8 Å². The molecule has 1 N–H and O–H groups in total. The zero-order chi connectivity index (χ0) is 25.8. The maximum absolute atomic E-state index is 15.0. The van der Waals surface area contributed by atoms with Crippen LogP contribution < -0.4 is 5.32 Å². The van der Waals surface area contributed by atoms with Crippen LogP contribution in [-0.2, 0) is 14.4 Å². The van der Waals surface area contributed by atoms with Gasteiger partial charge in [-0.25, -0.2) is 4.39 Å². The first-order chi connectivity index (χ1) is 16.8. The van der Waals surface area contributed by atoms with Crippen LogP contribution in [0.4, 0.5) is 4.39 Å². The summed E-state index contributed by atoms with van der Waals surface area (Å²) in [4.78, 5) is 52.1. The maximum Gasteiger partial charge on any atom is 0.246 e. The second-order valence-corrected chi connectivity index (χ2v) is 7.73. The molecule has 0 fully saturated rings. The second-order valence-electron chi connectivity index (χ2n) is 7.73. The number of ketones is 1. The van der Waals surface area contributed by atoms with E-state index in [-0.39, 0.29) is 67.9 Å². The first kappa shape index (κ1) is 27.2. The highest BCUT2D eigenvalue weighted by atomic mass is 19.1. The van der Waals surface area contributed by atoms with E-state index in [0.29, 0.717) is 5.56 Å². The van der Waals surface area contributed by atoms with Gasteiger partial charge >= 0.3 is 0 Å². The van der Waals surface area contributed by atoms with E-state index >= 15 is 4.39 Å². The molecule has 0 heterocycles. The number of rotatable bonds is 13. The fraction of sp³-hybridized carbons (Fsp3) is 0.259. The first-order valence-corrected chi connectivity index (χ1v) is 11.2. The summed E-state index contributed by atoms with van der Waals surface area (Å²) >= 11 is 0. The smallest absolute Gasteiger partial charge is 0.246 e. The molecular formula is C27H30FN3O4. The minimum absolute atomic E-state index is 0.0621. The topological polar surface area (TPSA) is 86.8 Å². The van der Waals surface area contributed by atoms with Gasteiger partial charge in [-0.2, -0.15) is 0 Å². The summed E-state index contributed by atoms with van der Waals surface area (Å²) in [5.74, 6) is -1.54. The third-order valence-electron chi connectivity index (χ3n) is 5.47. The normalized spacial score (nSPS) is 14.6. The van der Waals surface area contributed by atoms with Crippen LogP contribution in [0.15, 0.2) is 91.6 Å². The fourth-order valence-electron chi connectivity index (χ4n) is 3.56. The Bertz CT molecular complexity index is 1050. The number of nitrogens with one attached hydrogen (secondary N) is 1. The van der Waals surface area contributed by atoms with E-state index in [9.17, 15) is 19.2 Å². The summed E-state index contributed by atoms with van der Waals surface area (Å²) in [7, 11) is 0. The van der Waals surface area contributed by atoms with Gasteiger partial charge in [0.25, 0.3) is 0 Å². The predicted octanol–water partition coefficient (Wildman–Crippen LogP) is 2.80. The average molecular weight is 480 g/mol. The zero-order valence-electron chi connectivity index (χ0n) is 19.6. The molecule has 1 aliphatic rings. The monoisotopic (exact) mass is 479 g/mol. The highest BCUT2D eigenvalue weighted by molar-refractivity contribution is 6.11. The van der Waals surface area contributed by atoms with Crippen LogP contribution in [0.1, 0.15) is 16.8 Å². The third kappa shape index (κ3) is 7.74. The summed E-state index contributed by atoms with van der Waals surface area (Å²) in [5, 5.41) is 2.58. The van der Waals surface area contributed by atoms with E-state index < -0.39 is 12.1 Å². The highest BCUT2D eigenvalue weighted by Gasteiger charge is 2.27. The van der Waals surface area contributed by atoms with Gasteiger partial charge in [0, 0.05) is 50.3 Å². The van der Waals surface area contributed by atoms with E-state index in [1.165, 1.54) is 9.80 Å². The molecule has 1 aliphatic carbocycles. The van der Waals surface area contributed by atoms with Crippen LogP contribution in [-0.4, -0.2) is 72.2 Å². The van der Waals surface area contributed by atoms with Crippen LogP contribution in [0.3, 0.4) is 0 Å². The lowest BCUT2D eigenvalue weighted by molar-refractivity contribution is -0.129. The summed E-state index contributed by atoms with van der Waals surface area (Å²) < 4.78 is 15.0. The molecule has 184 valence electrons. The Morgan fingerprint density at radius 3 is 2.20 bits per heavy atom. The molecule has 8 heteroatoms. The lowest BCUT2D eigenvalue weighted by Gasteiger charge is -2.29. The Morgan fingerprint density at radius 2 is 1.57 bits per heavy atom. The van der Waals surface area contributed by atoms with Crippen LogP contribution >= 0.6 is 0 Å². The molecule has 0 aliphatic heterocycles. The van der Waals surface area contributed by atoms with Gasteiger partial charge in [0.05, 0.1) is 0 Å². The van der Waals surface area contributed by atoms with Crippen molar-refractivity contribution in [2.75, 3.05) is 32.7 Å². The zero-order valence-corrected chi connectivity index (χ0v) is 19.6. The van der Waals surface area contributed by atoms with Gasteiger partial charge in [-0.3, -0.25) is 19.2 Å². The van der Waals surface area contributed by atoms with Crippen molar-refractivity contribution in [3.8, 4) is 0 Å². The Labute approximate surface area is 205 Å². The first-order valence-electron chi connectivity index (χ1n) is 11.2. The molecule has 1 unspecified atom stereocenters. The van der Waals surface area contributed by atoms with Gasteiger partial charge in [0.2, 0.25) is 17.7 Å². The number of alkyl halides is 1. The third-order valence-corrected chi connectivity index (χ3v) is 5.47. The van der Waals surface area contributed by atoms with Crippen molar-refractivity contribution in [1.82, 2.24) is 15.1 Å². The van der Waals surface area contributed by atoms with Gasteiger partial charge < -0.3 is 15.1 Å². The average Bonchev–Trinajstić information content (AvgIpc) is 2.89. The Morgan fingerprint density at radius 1 is 0.943 bits per heavy atom. The number of carbonyl (C=O) groups excluding carboxylic acids is 4. The molecule has 0 bridgehead atoms. The molecule has 0 radical (unpaired) electrons. The molecule has 1 atom stereocenters. The van der Waals surface area contributed by atoms with E-state index in [1.54, 1.807) is 42.5 Å². The molecule has 1 aromatic rings. The predicted molar refractivity (Wildman–Crippen MR) is 133 cm³/mol. The number of nitrogens with zero attached hydrogens (tertiary/aromatic N) is 2. The summed E-state index contributed by atoms with van der Waals surface area (Å²) in [6.45, 7) is 10.8. The number of benzene rings is 1. The van der Waals surface area contributed by atoms with E-state index in [0.717, 1.165) is 18.2 Å². The summed E-state index contributed by atoms with van der Waals surface area (Å²) in [6.07, 6.45) is 5.23. The second kappa shape index (κ2) is 13.6. The summed E-state index contributed by atoms with van der Waals surface area (Å²) in [6, 6.07) is 8.54. The molecule has 0 saturated heterocycles. The number of allylic oxidation sites excluding steroid dienone is 3. The molecule has 35 heavy (non-hydrogen) atoms. The molecule has 2 rings (SSSR count). The number of halogens is 1. The number of carbonyl (C=O) groups is 4. The van der Waals surface area contributed by atoms with E-state index in [2.05, 4.69) is 25.1 Å². The molecule has 0 aromatic heterocycles. The minimum Gasteiger partial charge on any atom is -0.351 e. The molecule has 0 spiro atoms. The Balaban J connectivity index is 2.24. The van der Waals surface area contributed by atoms with Crippen molar-refractivity contribution in [2.24, 2.45) is 0 Å². The number of hydrogen-bond acceptors (Lipinski definition) is 4. The van der Waals surface area contributed by atoms with Crippen molar-refractivity contribution >= 4 is 23.5 Å². The largest absolute Gasteiger partial charge is 0.351 e. The number of Topliss-reactive ketones (excluding diaryl/α,β-unsaturated/α-hetero) is 1. The van der Waals surface area contributed by atoms with Crippen molar-refractivity contribution in [3.63, 3.8) is 0 Å².